The summed E-state index contributed by atoms with van der Waals surface area (Å²) in [6.07, 6.45) is 3.69. The number of rotatable bonds is 7. The van der Waals surface area contributed by atoms with E-state index in [2.05, 4.69) is 33.2 Å². The quantitative estimate of drug-likeness (QED) is 0.474. The van der Waals surface area contributed by atoms with Crippen LogP contribution in [0.15, 0.2) is 16.9 Å². The molecule has 0 radical (unpaired) electrons. The van der Waals surface area contributed by atoms with E-state index in [1.807, 2.05) is 0 Å². The van der Waals surface area contributed by atoms with Crippen molar-refractivity contribution in [2.24, 2.45) is 0 Å². The highest BCUT2D eigenvalue weighted by Gasteiger charge is 2.18. The molecule has 17 heavy (non-hydrogen) atoms. The predicted octanol–water partition coefficient (Wildman–Crippen LogP) is 2.13. The van der Waals surface area contributed by atoms with E-state index in [-0.39, 0.29) is 11.4 Å². The molecule has 0 bridgehead atoms. The molecule has 0 unspecified atom stereocenters. The molecule has 0 amide bonds. The molecular weight excluding hydrogens is 290 g/mol. The minimum Gasteiger partial charge on any atom is -0.485 e. The fourth-order valence-corrected chi connectivity index (χ4v) is 1.65. The fourth-order valence-electron chi connectivity index (χ4n) is 1.21. The van der Waals surface area contributed by atoms with Crippen LogP contribution in [0.1, 0.15) is 13.3 Å². The van der Waals surface area contributed by atoms with Gasteiger partial charge in [0.25, 0.3) is 0 Å². The summed E-state index contributed by atoms with van der Waals surface area (Å²) in [5.41, 5.74) is -0.130. The minimum atomic E-state index is -0.507. The van der Waals surface area contributed by atoms with Gasteiger partial charge in [-0.1, -0.05) is 6.92 Å². The maximum absolute atomic E-state index is 10.8. The third-order valence-electron chi connectivity index (χ3n) is 1.98. The van der Waals surface area contributed by atoms with Crippen molar-refractivity contribution in [3.63, 3.8) is 0 Å². The van der Waals surface area contributed by atoms with Crippen molar-refractivity contribution in [1.29, 1.82) is 0 Å². The second-order valence-corrected chi connectivity index (χ2v) is 4.18. The van der Waals surface area contributed by atoms with E-state index in [1.165, 1.54) is 12.4 Å². The van der Waals surface area contributed by atoms with Gasteiger partial charge in [-0.2, -0.15) is 0 Å². The Bertz CT molecular complexity index is 387. The number of hydrogen-bond donors (Lipinski definition) is 1. The van der Waals surface area contributed by atoms with Crippen LogP contribution in [0.4, 0.5) is 5.69 Å². The average molecular weight is 304 g/mol. The van der Waals surface area contributed by atoms with Crippen LogP contribution >= 0.6 is 15.9 Å². The van der Waals surface area contributed by atoms with Gasteiger partial charge in [-0.15, -0.1) is 0 Å². The maximum Gasteiger partial charge on any atom is 0.330 e. The Hall–Kier alpha value is -1.21. The highest BCUT2D eigenvalue weighted by atomic mass is 79.9. The van der Waals surface area contributed by atoms with Gasteiger partial charge in [-0.25, -0.2) is 0 Å². The van der Waals surface area contributed by atoms with Crippen LogP contribution in [0.25, 0.3) is 0 Å². The van der Waals surface area contributed by atoms with Gasteiger partial charge in [0, 0.05) is 12.7 Å². The van der Waals surface area contributed by atoms with E-state index in [0.717, 1.165) is 13.0 Å². The van der Waals surface area contributed by atoms with Gasteiger partial charge in [0.1, 0.15) is 12.8 Å². The van der Waals surface area contributed by atoms with Crippen LogP contribution in [-0.4, -0.2) is 29.6 Å². The van der Waals surface area contributed by atoms with E-state index in [0.29, 0.717) is 17.6 Å². The topological polar surface area (TPSA) is 77.3 Å². The minimum absolute atomic E-state index is 0.130. The van der Waals surface area contributed by atoms with E-state index in [4.69, 9.17) is 4.74 Å². The Morgan fingerprint density at radius 2 is 2.29 bits per heavy atom. The Morgan fingerprint density at radius 3 is 2.94 bits per heavy atom. The fraction of sp³-hybridized carbons (Fsp3) is 0.500. The summed E-state index contributed by atoms with van der Waals surface area (Å²) < 4.78 is 5.87. The molecule has 0 aliphatic heterocycles. The van der Waals surface area contributed by atoms with Gasteiger partial charge in [-0.3, -0.25) is 15.1 Å². The summed E-state index contributed by atoms with van der Waals surface area (Å²) in [5.74, 6) is 0.225. The van der Waals surface area contributed by atoms with Gasteiger partial charge < -0.3 is 10.1 Å². The number of nitrogens with zero attached hydrogens (tertiary/aromatic N) is 2. The smallest absolute Gasteiger partial charge is 0.330 e. The van der Waals surface area contributed by atoms with Gasteiger partial charge in [-0.05, 0) is 28.9 Å². The molecule has 94 valence electrons. The number of pyridine rings is 1. The first-order chi connectivity index (χ1) is 8.16. The van der Waals surface area contributed by atoms with Crippen LogP contribution in [0, 0.1) is 10.1 Å². The van der Waals surface area contributed by atoms with Crippen molar-refractivity contribution >= 4 is 21.6 Å². The molecular formula is C10H14BrN3O3. The van der Waals surface area contributed by atoms with Crippen molar-refractivity contribution in [1.82, 2.24) is 10.3 Å². The number of nitrogens with one attached hydrogen (secondary N) is 1. The number of hydrogen-bond acceptors (Lipinski definition) is 5. The normalized spacial score (nSPS) is 10.2. The zero-order valence-electron chi connectivity index (χ0n) is 9.48. The van der Waals surface area contributed by atoms with Gasteiger partial charge in [0.2, 0.25) is 5.75 Å². The molecule has 0 saturated heterocycles. The second-order valence-electron chi connectivity index (χ2n) is 3.33. The van der Waals surface area contributed by atoms with Crippen molar-refractivity contribution in [2.45, 2.75) is 13.3 Å². The maximum atomic E-state index is 10.8. The van der Waals surface area contributed by atoms with E-state index in [9.17, 15) is 10.1 Å². The molecule has 0 aliphatic carbocycles. The summed E-state index contributed by atoms with van der Waals surface area (Å²) in [4.78, 5) is 14.0. The van der Waals surface area contributed by atoms with E-state index < -0.39 is 4.92 Å². The lowest BCUT2D eigenvalue weighted by Crippen LogP contribution is -2.21. The van der Waals surface area contributed by atoms with Gasteiger partial charge >= 0.3 is 5.69 Å². The molecule has 0 aliphatic rings. The Balaban J connectivity index is 2.60. The lowest BCUT2D eigenvalue weighted by Gasteiger charge is -2.08. The first-order valence-electron chi connectivity index (χ1n) is 5.28. The zero-order chi connectivity index (χ0) is 12.7. The van der Waals surface area contributed by atoms with Gasteiger partial charge in [0.15, 0.2) is 0 Å². The van der Waals surface area contributed by atoms with E-state index in [1.54, 1.807) is 0 Å². The third-order valence-corrected chi connectivity index (χ3v) is 2.55. The highest BCUT2D eigenvalue weighted by Crippen LogP contribution is 2.33. The first kappa shape index (κ1) is 13.9. The summed E-state index contributed by atoms with van der Waals surface area (Å²) >= 11 is 3.19. The molecule has 1 rings (SSSR count). The Morgan fingerprint density at radius 1 is 1.53 bits per heavy atom. The molecule has 1 N–H and O–H groups in total. The lowest BCUT2D eigenvalue weighted by atomic mass is 10.4. The highest BCUT2D eigenvalue weighted by molar-refractivity contribution is 9.10. The van der Waals surface area contributed by atoms with Crippen LogP contribution in [-0.2, 0) is 0 Å². The summed E-state index contributed by atoms with van der Waals surface area (Å²) in [6, 6.07) is 0. The van der Waals surface area contributed by atoms with Crippen LogP contribution in [0.2, 0.25) is 0 Å². The summed E-state index contributed by atoms with van der Waals surface area (Å²) in [5, 5.41) is 13.9. The molecule has 0 saturated carbocycles. The predicted molar refractivity (Wildman–Crippen MR) is 67.2 cm³/mol. The second kappa shape index (κ2) is 7.18. The molecule has 0 atom stereocenters. The summed E-state index contributed by atoms with van der Waals surface area (Å²) in [7, 11) is 0. The lowest BCUT2D eigenvalue weighted by molar-refractivity contribution is -0.386. The molecule has 0 aromatic carbocycles. The standard InChI is InChI=1S/C10H14BrN3O3/c1-2-3-12-4-5-17-10-8(11)6-13-7-9(10)14(15)16/h6-7,12H,2-5H2,1H3. The van der Waals surface area contributed by atoms with Crippen LogP contribution in [0.3, 0.4) is 0 Å². The van der Waals surface area contributed by atoms with Crippen LogP contribution < -0.4 is 10.1 Å². The van der Waals surface area contributed by atoms with Crippen molar-refractivity contribution in [3.05, 3.63) is 27.0 Å². The third kappa shape index (κ3) is 4.27. The summed E-state index contributed by atoms with van der Waals surface area (Å²) in [6.45, 7) is 4.00. The van der Waals surface area contributed by atoms with E-state index >= 15 is 0 Å². The van der Waals surface area contributed by atoms with Crippen molar-refractivity contribution < 1.29 is 9.66 Å². The molecule has 1 aromatic rings. The SMILES string of the molecule is CCCNCCOc1c(Br)cncc1[N+](=O)[O-]. The average Bonchev–Trinajstić information content (AvgIpc) is 2.30. The number of ether oxygens (including phenoxy) is 1. The number of nitro groups is 1. The molecule has 6 nitrogen and oxygen atoms in total. The Kier molecular flexibility index (Phi) is 5.85. The zero-order valence-corrected chi connectivity index (χ0v) is 11.1. The Labute approximate surface area is 108 Å². The van der Waals surface area contributed by atoms with Crippen molar-refractivity contribution in [3.8, 4) is 5.75 Å². The monoisotopic (exact) mass is 303 g/mol. The molecule has 7 heteroatoms. The van der Waals surface area contributed by atoms with Crippen LogP contribution in [0.5, 0.6) is 5.75 Å². The molecule has 1 heterocycles. The molecule has 0 spiro atoms. The first-order valence-corrected chi connectivity index (χ1v) is 6.07. The largest absolute Gasteiger partial charge is 0.485 e. The number of aromatic nitrogens is 1. The molecule has 0 fully saturated rings. The number of halogens is 1. The van der Waals surface area contributed by atoms with Gasteiger partial charge in [0.05, 0.1) is 9.40 Å². The van der Waals surface area contributed by atoms with Crippen molar-refractivity contribution in [2.75, 3.05) is 19.7 Å². The molecule has 1 aromatic heterocycles.